The molecule has 4 heteroatoms. The van der Waals surface area contributed by atoms with Gasteiger partial charge < -0.3 is 9.64 Å². The molecule has 0 aliphatic heterocycles. The van der Waals surface area contributed by atoms with Crippen LogP contribution in [0.1, 0.15) is 24.6 Å². The van der Waals surface area contributed by atoms with Crippen molar-refractivity contribution >= 4 is 17.4 Å². The van der Waals surface area contributed by atoms with Crippen molar-refractivity contribution in [1.29, 1.82) is 0 Å². The van der Waals surface area contributed by atoms with E-state index in [1.807, 2.05) is 17.5 Å². The van der Waals surface area contributed by atoms with Gasteiger partial charge >= 0.3 is 6.09 Å². The molecule has 15 heavy (non-hydrogen) atoms. The van der Waals surface area contributed by atoms with Gasteiger partial charge in [0.2, 0.25) is 0 Å². The summed E-state index contributed by atoms with van der Waals surface area (Å²) >= 11 is 1.66. The van der Waals surface area contributed by atoms with E-state index in [2.05, 4.69) is 6.92 Å². The number of rotatable bonds is 5. The first kappa shape index (κ1) is 12.0. The molecule has 0 aliphatic carbocycles. The van der Waals surface area contributed by atoms with Crippen molar-refractivity contribution in [2.75, 3.05) is 13.7 Å². The Balaban J connectivity index is 2.52. The Labute approximate surface area is 94.7 Å². The maximum Gasteiger partial charge on any atom is 0.409 e. The molecule has 0 spiro atoms. The molecule has 1 aromatic rings. The Bertz CT molecular complexity index is 285. The van der Waals surface area contributed by atoms with Crippen molar-refractivity contribution in [2.24, 2.45) is 0 Å². The molecule has 0 atom stereocenters. The first-order valence-corrected chi connectivity index (χ1v) is 6.01. The van der Waals surface area contributed by atoms with E-state index in [4.69, 9.17) is 4.74 Å². The third-order valence-corrected chi connectivity index (χ3v) is 3.00. The molecular formula is C11H17NO2S. The summed E-state index contributed by atoms with van der Waals surface area (Å²) in [5.41, 5.74) is 0. The highest BCUT2D eigenvalue weighted by molar-refractivity contribution is 7.09. The highest BCUT2D eigenvalue weighted by atomic mass is 32.1. The zero-order valence-corrected chi connectivity index (χ0v) is 10.0. The van der Waals surface area contributed by atoms with Crippen LogP contribution in [0.3, 0.4) is 0 Å². The van der Waals surface area contributed by atoms with E-state index in [0.29, 0.717) is 6.54 Å². The largest absolute Gasteiger partial charge is 0.453 e. The average Bonchev–Trinajstić information content (AvgIpc) is 2.75. The molecule has 0 radical (unpaired) electrons. The van der Waals surface area contributed by atoms with Gasteiger partial charge in [0.1, 0.15) is 0 Å². The number of hydrogen-bond donors (Lipinski definition) is 0. The molecule has 0 N–H and O–H groups in total. The zero-order valence-electron chi connectivity index (χ0n) is 9.23. The smallest absolute Gasteiger partial charge is 0.409 e. The lowest BCUT2D eigenvalue weighted by Crippen LogP contribution is -2.30. The molecule has 84 valence electrons. The van der Waals surface area contributed by atoms with Crippen LogP contribution >= 0.6 is 11.3 Å². The van der Waals surface area contributed by atoms with Crippen molar-refractivity contribution in [3.63, 3.8) is 0 Å². The predicted molar refractivity (Wildman–Crippen MR) is 62.0 cm³/mol. The van der Waals surface area contributed by atoms with E-state index >= 15 is 0 Å². The van der Waals surface area contributed by atoms with Crippen molar-refractivity contribution in [3.05, 3.63) is 22.4 Å². The molecule has 0 aliphatic rings. The van der Waals surface area contributed by atoms with Crippen molar-refractivity contribution in [3.8, 4) is 0 Å². The van der Waals surface area contributed by atoms with Gasteiger partial charge in [-0.15, -0.1) is 11.3 Å². The summed E-state index contributed by atoms with van der Waals surface area (Å²) in [7, 11) is 1.43. The van der Waals surface area contributed by atoms with Crippen molar-refractivity contribution < 1.29 is 9.53 Å². The van der Waals surface area contributed by atoms with Crippen molar-refractivity contribution in [2.45, 2.75) is 26.3 Å². The van der Waals surface area contributed by atoms with Crippen LogP contribution in [-0.4, -0.2) is 24.6 Å². The van der Waals surface area contributed by atoms with E-state index in [0.717, 1.165) is 19.4 Å². The van der Waals surface area contributed by atoms with E-state index in [1.54, 1.807) is 16.2 Å². The molecule has 1 rings (SSSR count). The molecule has 1 amide bonds. The number of methoxy groups -OCH3 is 1. The quantitative estimate of drug-likeness (QED) is 0.773. The normalized spacial score (nSPS) is 10.0. The minimum atomic E-state index is -0.239. The van der Waals surface area contributed by atoms with Crippen LogP contribution in [0, 0.1) is 0 Å². The van der Waals surface area contributed by atoms with Gasteiger partial charge in [0, 0.05) is 11.4 Å². The minimum absolute atomic E-state index is 0.239. The zero-order chi connectivity index (χ0) is 11.1. The standard InChI is InChI=1S/C11H17NO2S/c1-3-4-7-12(11(13)14-2)9-10-6-5-8-15-10/h5-6,8H,3-4,7,9H2,1-2H3. The molecule has 0 saturated heterocycles. The second kappa shape index (κ2) is 6.45. The summed E-state index contributed by atoms with van der Waals surface area (Å²) < 4.78 is 4.75. The Morgan fingerprint density at radius 2 is 2.40 bits per heavy atom. The van der Waals surface area contributed by atoms with Crippen LogP contribution in [0.4, 0.5) is 4.79 Å². The van der Waals surface area contributed by atoms with Crippen molar-refractivity contribution in [1.82, 2.24) is 4.90 Å². The van der Waals surface area contributed by atoms with Crippen LogP contribution in [0.2, 0.25) is 0 Å². The number of nitrogens with zero attached hydrogens (tertiary/aromatic N) is 1. The average molecular weight is 227 g/mol. The van der Waals surface area contributed by atoms with Gasteiger partial charge in [-0.05, 0) is 17.9 Å². The molecule has 0 saturated carbocycles. The lowest BCUT2D eigenvalue weighted by molar-refractivity contribution is 0.120. The maximum atomic E-state index is 11.5. The topological polar surface area (TPSA) is 29.5 Å². The summed E-state index contributed by atoms with van der Waals surface area (Å²) in [5, 5.41) is 2.02. The molecular weight excluding hydrogens is 210 g/mol. The van der Waals surface area contributed by atoms with E-state index in [-0.39, 0.29) is 6.09 Å². The lowest BCUT2D eigenvalue weighted by Gasteiger charge is -2.19. The second-order valence-corrected chi connectivity index (χ2v) is 4.36. The fourth-order valence-corrected chi connectivity index (χ4v) is 2.02. The first-order chi connectivity index (χ1) is 7.27. The molecule has 1 heterocycles. The molecule has 1 aromatic heterocycles. The van der Waals surface area contributed by atoms with Gasteiger partial charge in [-0.25, -0.2) is 4.79 Å². The van der Waals surface area contributed by atoms with Crippen LogP contribution in [-0.2, 0) is 11.3 Å². The van der Waals surface area contributed by atoms with Gasteiger partial charge in [0.15, 0.2) is 0 Å². The number of thiophene rings is 1. The van der Waals surface area contributed by atoms with Crippen LogP contribution < -0.4 is 0 Å². The monoisotopic (exact) mass is 227 g/mol. The van der Waals surface area contributed by atoms with E-state index in [9.17, 15) is 4.79 Å². The van der Waals surface area contributed by atoms with Gasteiger partial charge in [0.25, 0.3) is 0 Å². The third kappa shape index (κ3) is 3.91. The lowest BCUT2D eigenvalue weighted by atomic mass is 10.3. The molecule has 3 nitrogen and oxygen atoms in total. The predicted octanol–water partition coefficient (Wildman–Crippen LogP) is 3.12. The van der Waals surface area contributed by atoms with Gasteiger partial charge in [-0.2, -0.15) is 0 Å². The number of carbonyl (C=O) groups is 1. The highest BCUT2D eigenvalue weighted by Gasteiger charge is 2.13. The summed E-state index contributed by atoms with van der Waals surface area (Å²) in [5.74, 6) is 0. The number of unbranched alkanes of at least 4 members (excludes halogenated alkanes) is 1. The molecule has 0 unspecified atom stereocenters. The maximum absolute atomic E-state index is 11.5. The van der Waals surface area contributed by atoms with Crippen LogP contribution in [0.5, 0.6) is 0 Å². The van der Waals surface area contributed by atoms with E-state index in [1.165, 1.54) is 12.0 Å². The number of amides is 1. The second-order valence-electron chi connectivity index (χ2n) is 3.32. The fourth-order valence-electron chi connectivity index (χ4n) is 1.30. The number of hydrogen-bond acceptors (Lipinski definition) is 3. The van der Waals surface area contributed by atoms with Gasteiger partial charge in [-0.3, -0.25) is 0 Å². The summed E-state index contributed by atoms with van der Waals surface area (Å²) in [6, 6.07) is 4.03. The third-order valence-electron chi connectivity index (χ3n) is 2.14. The fraction of sp³-hybridized carbons (Fsp3) is 0.545. The van der Waals surface area contributed by atoms with Gasteiger partial charge in [0.05, 0.1) is 13.7 Å². The van der Waals surface area contributed by atoms with Crippen LogP contribution in [0.15, 0.2) is 17.5 Å². The summed E-state index contributed by atoms with van der Waals surface area (Å²) in [6.45, 7) is 3.53. The molecule has 0 aromatic carbocycles. The summed E-state index contributed by atoms with van der Waals surface area (Å²) in [4.78, 5) is 14.4. The summed E-state index contributed by atoms with van der Waals surface area (Å²) in [6.07, 6.45) is 1.86. The van der Waals surface area contributed by atoms with E-state index < -0.39 is 0 Å². The Hall–Kier alpha value is -1.03. The number of carbonyl (C=O) groups excluding carboxylic acids is 1. The van der Waals surface area contributed by atoms with Gasteiger partial charge in [-0.1, -0.05) is 19.4 Å². The minimum Gasteiger partial charge on any atom is -0.453 e. The Kier molecular flexibility index (Phi) is 5.18. The highest BCUT2D eigenvalue weighted by Crippen LogP contribution is 2.13. The Morgan fingerprint density at radius 1 is 1.60 bits per heavy atom. The molecule has 0 bridgehead atoms. The number of ether oxygens (including phenoxy) is 1. The molecule has 0 fully saturated rings. The SMILES string of the molecule is CCCCN(Cc1cccs1)C(=O)OC. The van der Waals surface area contributed by atoms with Crippen LogP contribution in [0.25, 0.3) is 0 Å². The Morgan fingerprint density at radius 3 is 2.93 bits per heavy atom. The first-order valence-electron chi connectivity index (χ1n) is 5.13.